The molecule has 0 aromatic carbocycles. The van der Waals surface area contributed by atoms with Gasteiger partial charge in [-0.15, -0.1) is 9.79 Å². The molecule has 144 valence electrons. The van der Waals surface area contributed by atoms with Gasteiger partial charge in [-0.05, 0) is 0 Å². The normalized spacial score (nSPS) is 16.7. The Morgan fingerprint density at radius 3 is 2.12 bits per heavy atom. The van der Waals surface area contributed by atoms with E-state index in [1.807, 2.05) is 0 Å². The molecular weight excluding hydrogens is 388 g/mol. The van der Waals surface area contributed by atoms with Crippen molar-refractivity contribution in [3.8, 4) is 11.8 Å². The lowest BCUT2D eigenvalue weighted by Gasteiger charge is -2.18. The van der Waals surface area contributed by atoms with E-state index in [1.165, 1.54) is 33.7 Å². The van der Waals surface area contributed by atoms with Gasteiger partial charge in [-0.2, -0.15) is 0 Å². The van der Waals surface area contributed by atoms with Crippen LogP contribution in [0.25, 0.3) is 0 Å². The molecule has 1 unspecified atom stereocenters. The molecule has 1 fully saturated rings. The van der Waals surface area contributed by atoms with E-state index in [2.05, 4.69) is 0 Å². The first-order valence-corrected chi connectivity index (χ1v) is 10.1. The smallest absolute Gasteiger partial charge is 0.334 e. The number of aromatic nitrogens is 1. The molecule has 10 nitrogen and oxygen atoms in total. The monoisotopic (exact) mass is 406 g/mol. The first-order valence-electron chi connectivity index (χ1n) is 7.64. The molecule has 1 aromatic heterocycles. The summed E-state index contributed by atoms with van der Waals surface area (Å²) in [5, 5.41) is 28.8. The predicted molar refractivity (Wildman–Crippen MR) is 91.7 cm³/mol. The molecule has 0 aliphatic carbocycles. The lowest BCUT2D eigenvalue weighted by atomic mass is 10.4. The summed E-state index contributed by atoms with van der Waals surface area (Å²) >= 11 is 0. The Hall–Kier alpha value is -2.05. The maximum atomic E-state index is 11.6. The summed E-state index contributed by atoms with van der Waals surface area (Å²) in [5.74, 6) is -1.67. The van der Waals surface area contributed by atoms with Crippen LogP contribution >= 0.6 is 21.6 Å². The Balaban J connectivity index is 1.54. The number of hydrogen-bond donors (Lipinski definition) is 3. The Kier molecular flexibility index (Phi) is 7.48. The Bertz CT molecular complexity index is 646. The number of aliphatic hydroxyl groups excluding tert-OH is 1. The summed E-state index contributed by atoms with van der Waals surface area (Å²) in [7, 11) is 2.67. The summed E-state index contributed by atoms with van der Waals surface area (Å²) in [4.78, 5) is 44.1. The molecule has 1 atom stereocenters. The lowest BCUT2D eigenvalue weighted by Crippen LogP contribution is -2.35. The van der Waals surface area contributed by atoms with E-state index in [4.69, 9.17) is 9.68 Å². The molecule has 26 heavy (non-hydrogen) atoms. The number of carbonyl (C=O) groups excluding carboxylic acids is 3. The number of aliphatic hydroxyl groups is 1. The van der Waals surface area contributed by atoms with Gasteiger partial charge in [0, 0.05) is 36.5 Å². The van der Waals surface area contributed by atoms with Gasteiger partial charge in [0.25, 0.3) is 5.91 Å². The van der Waals surface area contributed by atoms with Crippen LogP contribution in [-0.2, 0) is 19.2 Å². The zero-order valence-electron chi connectivity index (χ0n) is 13.6. The fourth-order valence-corrected chi connectivity index (χ4v) is 3.87. The number of hydrogen-bond acceptors (Lipinski definition) is 10. The van der Waals surface area contributed by atoms with Crippen molar-refractivity contribution in [1.82, 2.24) is 9.79 Å². The molecule has 1 amide bonds. The molecule has 1 aromatic rings. The molecule has 0 spiro atoms. The molecule has 0 bridgehead atoms. The number of rotatable bonds is 9. The highest BCUT2D eigenvalue weighted by molar-refractivity contribution is 8.76. The maximum absolute atomic E-state index is 11.6. The lowest BCUT2D eigenvalue weighted by molar-refractivity contribution is -0.220. The van der Waals surface area contributed by atoms with Crippen molar-refractivity contribution in [2.45, 2.75) is 31.9 Å². The quantitative estimate of drug-likeness (QED) is 0.390. The zero-order chi connectivity index (χ0) is 19.1. The highest BCUT2D eigenvalue weighted by atomic mass is 33.1. The van der Waals surface area contributed by atoms with Crippen LogP contribution in [0.4, 0.5) is 0 Å². The molecule has 0 saturated carbocycles. The molecule has 2 heterocycles. The summed E-state index contributed by atoms with van der Waals surface area (Å²) < 4.78 is 0.615. The van der Waals surface area contributed by atoms with Gasteiger partial charge in [0.15, 0.2) is 6.23 Å². The van der Waals surface area contributed by atoms with Gasteiger partial charge in [-0.1, -0.05) is 21.6 Å². The highest BCUT2D eigenvalue weighted by Gasteiger charge is 2.32. The SMILES string of the molecule is O=C(CCSSCCC(=O)On1c(O)ccc1O)ON1C(=O)CCC1O. The minimum absolute atomic E-state index is 0.0354. The second kappa shape index (κ2) is 9.59. The Labute approximate surface area is 156 Å². The average molecular weight is 406 g/mol. The van der Waals surface area contributed by atoms with Crippen LogP contribution in [0.5, 0.6) is 11.8 Å². The van der Waals surface area contributed by atoms with E-state index >= 15 is 0 Å². The van der Waals surface area contributed by atoms with Crippen LogP contribution in [0, 0.1) is 0 Å². The van der Waals surface area contributed by atoms with Gasteiger partial charge in [0.05, 0.1) is 12.8 Å². The molecule has 1 saturated heterocycles. The molecule has 0 radical (unpaired) electrons. The van der Waals surface area contributed by atoms with Crippen molar-refractivity contribution in [2.24, 2.45) is 0 Å². The summed E-state index contributed by atoms with van der Waals surface area (Å²) in [6.07, 6.45) is -0.616. The predicted octanol–water partition coefficient (Wildman–Crippen LogP) is 0.415. The number of nitrogens with zero attached hydrogens (tertiary/aromatic N) is 2. The largest absolute Gasteiger partial charge is 0.492 e. The second-order valence-electron chi connectivity index (χ2n) is 5.15. The van der Waals surface area contributed by atoms with E-state index < -0.39 is 35.8 Å². The van der Waals surface area contributed by atoms with E-state index in [0.717, 1.165) is 0 Å². The minimum atomic E-state index is -1.08. The first kappa shape index (κ1) is 20.3. The summed E-state index contributed by atoms with van der Waals surface area (Å²) in [6.45, 7) is 0. The van der Waals surface area contributed by atoms with Crippen LogP contribution < -0.4 is 4.84 Å². The van der Waals surface area contributed by atoms with Gasteiger partial charge in [-0.3, -0.25) is 4.79 Å². The molecular formula is C14H18N2O8S2. The highest BCUT2D eigenvalue weighted by Crippen LogP contribution is 2.24. The molecule has 2 rings (SSSR count). The number of hydroxylamine groups is 2. The Morgan fingerprint density at radius 1 is 1.08 bits per heavy atom. The van der Waals surface area contributed by atoms with E-state index in [0.29, 0.717) is 21.3 Å². The standard InChI is InChI=1S/C14H18N2O8S2/c17-9-1-2-10(18)15(9)23-13(21)5-7-25-26-8-6-14(22)24-16-11(19)3-4-12(16)20/h1-2,11,17-19H,3-8H2. The van der Waals surface area contributed by atoms with Gasteiger partial charge in [0.1, 0.15) is 0 Å². The number of aromatic hydroxyl groups is 2. The Morgan fingerprint density at radius 2 is 1.62 bits per heavy atom. The third-order valence-corrected chi connectivity index (χ3v) is 5.59. The average Bonchev–Trinajstić information content (AvgIpc) is 3.08. The van der Waals surface area contributed by atoms with Crippen LogP contribution in [0.15, 0.2) is 12.1 Å². The van der Waals surface area contributed by atoms with Crippen molar-refractivity contribution < 1.29 is 39.4 Å². The second-order valence-corrected chi connectivity index (χ2v) is 7.86. The van der Waals surface area contributed by atoms with Crippen molar-refractivity contribution in [3.05, 3.63) is 12.1 Å². The topological polar surface area (TPSA) is 139 Å². The van der Waals surface area contributed by atoms with Crippen molar-refractivity contribution in [2.75, 3.05) is 11.5 Å². The fraction of sp³-hybridized carbons (Fsp3) is 0.500. The molecule has 1 aliphatic heterocycles. The van der Waals surface area contributed by atoms with Gasteiger partial charge < -0.3 is 25.0 Å². The van der Waals surface area contributed by atoms with Crippen LogP contribution in [0.1, 0.15) is 25.7 Å². The molecule has 12 heteroatoms. The van der Waals surface area contributed by atoms with Crippen molar-refractivity contribution >= 4 is 39.4 Å². The van der Waals surface area contributed by atoms with Crippen molar-refractivity contribution in [3.63, 3.8) is 0 Å². The number of carbonyl (C=O) groups is 3. The fourth-order valence-electron chi connectivity index (χ4n) is 1.92. The summed E-state index contributed by atoms with van der Waals surface area (Å²) in [6, 6.07) is 2.36. The van der Waals surface area contributed by atoms with E-state index in [-0.39, 0.29) is 25.7 Å². The van der Waals surface area contributed by atoms with Gasteiger partial charge in [0.2, 0.25) is 11.8 Å². The van der Waals surface area contributed by atoms with Crippen molar-refractivity contribution in [1.29, 1.82) is 0 Å². The number of amides is 1. The third kappa shape index (κ3) is 5.75. The van der Waals surface area contributed by atoms with Crippen LogP contribution in [0.3, 0.4) is 0 Å². The van der Waals surface area contributed by atoms with E-state index in [1.54, 1.807) is 0 Å². The first-order chi connectivity index (χ1) is 12.4. The zero-order valence-corrected chi connectivity index (χ0v) is 15.2. The van der Waals surface area contributed by atoms with Crippen LogP contribution in [0.2, 0.25) is 0 Å². The minimum Gasteiger partial charge on any atom is -0.492 e. The third-order valence-electron chi connectivity index (χ3n) is 3.19. The molecule has 1 aliphatic rings. The van der Waals surface area contributed by atoms with Gasteiger partial charge >= 0.3 is 11.9 Å². The van der Waals surface area contributed by atoms with E-state index in [9.17, 15) is 29.7 Å². The summed E-state index contributed by atoms with van der Waals surface area (Å²) in [5.41, 5.74) is 0. The maximum Gasteiger partial charge on any atom is 0.334 e. The van der Waals surface area contributed by atoms with Gasteiger partial charge in [-0.25, -0.2) is 9.59 Å². The van der Waals surface area contributed by atoms with Crippen LogP contribution in [-0.4, -0.2) is 60.7 Å². The molecule has 3 N–H and O–H groups in total.